The van der Waals surface area contributed by atoms with Gasteiger partial charge in [0.05, 0.1) is 0 Å². The molecule has 2 unspecified atom stereocenters. The number of rotatable bonds is 2. The van der Waals surface area contributed by atoms with Crippen molar-refractivity contribution in [3.8, 4) is 0 Å². The van der Waals surface area contributed by atoms with Crippen molar-refractivity contribution in [2.75, 3.05) is 13.1 Å². The second-order valence-electron chi connectivity index (χ2n) is 4.89. The Labute approximate surface area is 109 Å². The maximum Gasteiger partial charge on any atom is 0.0499 e. The summed E-state index contributed by atoms with van der Waals surface area (Å²) in [6.45, 7) is 6.41. The van der Waals surface area contributed by atoms with E-state index in [-0.39, 0.29) is 6.04 Å². The van der Waals surface area contributed by atoms with E-state index < -0.39 is 0 Å². The Kier molecular flexibility index (Phi) is 4.08. The fourth-order valence-electron chi connectivity index (χ4n) is 2.70. The molecule has 2 atom stereocenters. The van der Waals surface area contributed by atoms with Crippen LogP contribution in [0.15, 0.2) is 18.2 Å². The summed E-state index contributed by atoms with van der Waals surface area (Å²) >= 11 is 6.21. The van der Waals surface area contributed by atoms with Crippen LogP contribution in [-0.4, -0.2) is 24.0 Å². The van der Waals surface area contributed by atoms with E-state index in [0.29, 0.717) is 6.04 Å². The molecule has 2 rings (SSSR count). The van der Waals surface area contributed by atoms with E-state index >= 15 is 0 Å². The fraction of sp³-hybridized carbons (Fsp3) is 0.571. The van der Waals surface area contributed by atoms with Crippen LogP contribution in [0.4, 0.5) is 0 Å². The highest BCUT2D eigenvalue weighted by atomic mass is 35.5. The molecule has 3 heteroatoms. The summed E-state index contributed by atoms with van der Waals surface area (Å²) in [5.41, 5.74) is 8.67. The van der Waals surface area contributed by atoms with Crippen molar-refractivity contribution in [3.05, 3.63) is 34.3 Å². The first kappa shape index (κ1) is 12.9. The van der Waals surface area contributed by atoms with E-state index in [4.69, 9.17) is 17.3 Å². The average Bonchev–Trinajstić information content (AvgIpc) is 2.32. The van der Waals surface area contributed by atoms with Gasteiger partial charge >= 0.3 is 0 Å². The fourth-order valence-corrected chi connectivity index (χ4v) is 2.89. The highest BCUT2D eigenvalue weighted by Crippen LogP contribution is 2.31. The molecule has 0 aromatic heterocycles. The Balaban J connectivity index is 2.31. The zero-order chi connectivity index (χ0) is 12.4. The van der Waals surface area contributed by atoms with E-state index in [0.717, 1.165) is 30.1 Å². The number of piperidine rings is 1. The number of benzene rings is 1. The van der Waals surface area contributed by atoms with E-state index in [2.05, 4.69) is 30.0 Å². The Morgan fingerprint density at radius 3 is 2.88 bits per heavy atom. The van der Waals surface area contributed by atoms with Gasteiger partial charge in [-0.2, -0.15) is 0 Å². The molecule has 0 radical (unpaired) electrons. The molecule has 94 valence electrons. The predicted molar refractivity (Wildman–Crippen MR) is 73.4 cm³/mol. The predicted octanol–water partition coefficient (Wildman–Crippen LogP) is 3.13. The van der Waals surface area contributed by atoms with Crippen LogP contribution >= 0.6 is 11.6 Å². The van der Waals surface area contributed by atoms with E-state index in [1.54, 1.807) is 0 Å². The highest BCUT2D eigenvalue weighted by molar-refractivity contribution is 6.31. The second kappa shape index (κ2) is 5.38. The number of hydrogen-bond acceptors (Lipinski definition) is 2. The molecule has 1 aliphatic heterocycles. The summed E-state index contributed by atoms with van der Waals surface area (Å²) < 4.78 is 0. The third-order valence-corrected chi connectivity index (χ3v) is 4.13. The molecule has 1 heterocycles. The van der Waals surface area contributed by atoms with Gasteiger partial charge in [-0.25, -0.2) is 0 Å². The Bertz CT molecular complexity index is 392. The highest BCUT2D eigenvalue weighted by Gasteiger charge is 2.29. The number of likely N-dealkylation sites (tertiary alicyclic amines) is 1. The van der Waals surface area contributed by atoms with Gasteiger partial charge in [-0.15, -0.1) is 0 Å². The van der Waals surface area contributed by atoms with E-state index in [1.807, 2.05) is 6.92 Å². The first-order valence-electron chi connectivity index (χ1n) is 6.39. The molecule has 0 amide bonds. The largest absolute Gasteiger partial charge is 0.326 e. The summed E-state index contributed by atoms with van der Waals surface area (Å²) in [5.74, 6) is 0. The Hall–Kier alpha value is -0.570. The lowest BCUT2D eigenvalue weighted by Crippen LogP contribution is -2.45. The topological polar surface area (TPSA) is 29.3 Å². The van der Waals surface area contributed by atoms with Crippen LogP contribution in [0, 0.1) is 6.92 Å². The lowest BCUT2D eigenvalue weighted by atomic mass is 9.90. The maximum atomic E-state index is 6.28. The molecule has 2 N–H and O–H groups in total. The lowest BCUT2D eigenvalue weighted by molar-refractivity contribution is 0.136. The van der Waals surface area contributed by atoms with Crippen molar-refractivity contribution in [1.29, 1.82) is 0 Å². The lowest BCUT2D eigenvalue weighted by Gasteiger charge is -2.39. The molecule has 0 spiro atoms. The minimum absolute atomic E-state index is 0.225. The monoisotopic (exact) mass is 252 g/mol. The van der Waals surface area contributed by atoms with Crippen LogP contribution < -0.4 is 5.73 Å². The minimum atomic E-state index is 0.225. The summed E-state index contributed by atoms with van der Waals surface area (Å²) in [7, 11) is 0. The third-order valence-electron chi connectivity index (χ3n) is 3.73. The Morgan fingerprint density at radius 2 is 2.24 bits per heavy atom. The van der Waals surface area contributed by atoms with Crippen molar-refractivity contribution in [1.82, 2.24) is 4.90 Å². The number of aryl methyl sites for hydroxylation is 1. The summed E-state index contributed by atoms with van der Waals surface area (Å²) in [6, 6.07) is 6.89. The van der Waals surface area contributed by atoms with Crippen LogP contribution in [0.25, 0.3) is 0 Å². The molecular weight excluding hydrogens is 232 g/mol. The van der Waals surface area contributed by atoms with Crippen molar-refractivity contribution in [3.63, 3.8) is 0 Å². The minimum Gasteiger partial charge on any atom is -0.326 e. The van der Waals surface area contributed by atoms with Crippen molar-refractivity contribution in [2.24, 2.45) is 5.73 Å². The van der Waals surface area contributed by atoms with E-state index in [9.17, 15) is 0 Å². The average molecular weight is 253 g/mol. The third kappa shape index (κ3) is 2.65. The maximum absolute atomic E-state index is 6.28. The number of likely N-dealkylation sites (N-methyl/N-ethyl adjacent to an activating group) is 1. The molecule has 0 aliphatic carbocycles. The number of halogens is 1. The zero-order valence-electron chi connectivity index (χ0n) is 10.6. The van der Waals surface area contributed by atoms with Crippen LogP contribution in [-0.2, 0) is 0 Å². The van der Waals surface area contributed by atoms with Gasteiger partial charge in [0.15, 0.2) is 0 Å². The molecule has 1 aromatic carbocycles. The molecule has 2 nitrogen and oxygen atoms in total. The molecule has 1 fully saturated rings. The van der Waals surface area contributed by atoms with Gasteiger partial charge in [-0.05, 0) is 50.0 Å². The van der Waals surface area contributed by atoms with Crippen molar-refractivity contribution >= 4 is 11.6 Å². The first-order chi connectivity index (χ1) is 8.13. The van der Waals surface area contributed by atoms with Gasteiger partial charge in [0.25, 0.3) is 0 Å². The van der Waals surface area contributed by atoms with Crippen LogP contribution in [0.2, 0.25) is 5.02 Å². The summed E-state index contributed by atoms with van der Waals surface area (Å²) in [4.78, 5) is 2.45. The molecule has 1 saturated heterocycles. The standard InChI is InChI=1S/C14H21ClN2/c1-3-17-8-4-5-13(16)14(17)11-7-6-10(2)12(15)9-11/h6-7,9,13-14H,3-5,8,16H2,1-2H3. The normalized spacial score (nSPS) is 26.1. The van der Waals surface area contributed by atoms with Crippen molar-refractivity contribution < 1.29 is 0 Å². The zero-order valence-corrected chi connectivity index (χ0v) is 11.4. The number of hydrogen-bond donors (Lipinski definition) is 1. The van der Waals surface area contributed by atoms with Crippen LogP contribution in [0.5, 0.6) is 0 Å². The van der Waals surface area contributed by atoms with Crippen molar-refractivity contribution in [2.45, 2.75) is 38.8 Å². The molecule has 0 saturated carbocycles. The smallest absolute Gasteiger partial charge is 0.0499 e. The van der Waals surface area contributed by atoms with Crippen LogP contribution in [0.1, 0.15) is 36.9 Å². The molecule has 1 aliphatic rings. The quantitative estimate of drug-likeness (QED) is 0.876. The molecule has 17 heavy (non-hydrogen) atoms. The summed E-state index contributed by atoms with van der Waals surface area (Å²) in [5, 5.41) is 0.844. The number of nitrogens with zero attached hydrogens (tertiary/aromatic N) is 1. The SMILES string of the molecule is CCN1CCCC(N)C1c1ccc(C)c(Cl)c1. The van der Waals surface area contributed by atoms with E-state index in [1.165, 1.54) is 12.0 Å². The molecular formula is C14H21ClN2. The van der Waals surface area contributed by atoms with Gasteiger partial charge < -0.3 is 5.73 Å². The first-order valence-corrected chi connectivity index (χ1v) is 6.77. The number of nitrogens with two attached hydrogens (primary N) is 1. The van der Waals surface area contributed by atoms with Gasteiger partial charge in [0.1, 0.15) is 0 Å². The summed E-state index contributed by atoms with van der Waals surface area (Å²) in [6.07, 6.45) is 2.30. The second-order valence-corrected chi connectivity index (χ2v) is 5.30. The molecule has 1 aromatic rings. The van der Waals surface area contributed by atoms with Gasteiger partial charge in [0.2, 0.25) is 0 Å². The van der Waals surface area contributed by atoms with Crippen LogP contribution in [0.3, 0.4) is 0 Å². The Morgan fingerprint density at radius 1 is 1.47 bits per heavy atom. The van der Waals surface area contributed by atoms with Gasteiger partial charge in [-0.1, -0.05) is 30.7 Å². The van der Waals surface area contributed by atoms with Gasteiger partial charge in [-0.3, -0.25) is 4.90 Å². The van der Waals surface area contributed by atoms with Gasteiger partial charge in [0, 0.05) is 17.1 Å². The molecule has 0 bridgehead atoms.